The number of carbonyl (C=O) groups excluding carboxylic acids is 4. The summed E-state index contributed by atoms with van der Waals surface area (Å²) in [5.74, 6) is 0.881. The van der Waals surface area contributed by atoms with Crippen molar-refractivity contribution in [2.75, 3.05) is 39.6 Å². The topological polar surface area (TPSA) is 237 Å². The fourth-order valence-corrected chi connectivity index (χ4v) is 12.6. The molecule has 92 heavy (non-hydrogen) atoms. The number of hydrogen-bond donors (Lipinski definition) is 3. The van der Waals surface area contributed by atoms with Crippen LogP contribution in [0.2, 0.25) is 0 Å². The van der Waals surface area contributed by atoms with Crippen LogP contribution in [0.15, 0.2) is 0 Å². The summed E-state index contributed by atoms with van der Waals surface area (Å²) in [4.78, 5) is 72.7. The highest BCUT2D eigenvalue weighted by atomic mass is 31.2. The first-order valence-corrected chi connectivity index (χ1v) is 40.7. The number of unbranched alkanes of at least 4 members (excludes halogenated alkanes) is 36. The molecule has 0 saturated carbocycles. The Hall–Kier alpha value is -1.94. The van der Waals surface area contributed by atoms with Gasteiger partial charge in [0.1, 0.15) is 19.3 Å². The van der Waals surface area contributed by atoms with E-state index in [1.54, 1.807) is 0 Å². The molecule has 19 heteroatoms. The first-order valence-electron chi connectivity index (χ1n) is 37.7. The van der Waals surface area contributed by atoms with E-state index in [4.69, 9.17) is 37.0 Å². The highest BCUT2D eigenvalue weighted by Crippen LogP contribution is 2.45. The van der Waals surface area contributed by atoms with E-state index in [1.807, 2.05) is 0 Å². The van der Waals surface area contributed by atoms with Crippen LogP contribution < -0.4 is 0 Å². The average Bonchev–Trinajstić information content (AvgIpc) is 3.16. The minimum absolute atomic E-state index is 0.106. The molecule has 17 nitrogen and oxygen atoms in total. The molecule has 0 aliphatic rings. The van der Waals surface area contributed by atoms with E-state index < -0.39 is 97.5 Å². The van der Waals surface area contributed by atoms with Gasteiger partial charge >= 0.3 is 39.5 Å². The predicted molar refractivity (Wildman–Crippen MR) is 372 cm³/mol. The molecule has 0 radical (unpaired) electrons. The molecule has 3 N–H and O–H groups in total. The van der Waals surface area contributed by atoms with Gasteiger partial charge in [0.15, 0.2) is 12.2 Å². The number of aliphatic hydroxyl groups is 1. The maximum atomic E-state index is 13.0. The minimum Gasteiger partial charge on any atom is -0.462 e. The summed E-state index contributed by atoms with van der Waals surface area (Å²) in [6.45, 7) is 14.1. The molecule has 546 valence electrons. The smallest absolute Gasteiger partial charge is 0.462 e. The summed E-state index contributed by atoms with van der Waals surface area (Å²) in [6.07, 6.45) is 45.8. The molecule has 0 saturated heterocycles. The molecule has 0 aromatic carbocycles. The number of phosphoric acid groups is 2. The van der Waals surface area contributed by atoms with Gasteiger partial charge in [0.2, 0.25) is 0 Å². The van der Waals surface area contributed by atoms with Gasteiger partial charge in [0.25, 0.3) is 0 Å². The largest absolute Gasteiger partial charge is 0.472 e. The van der Waals surface area contributed by atoms with Gasteiger partial charge in [0, 0.05) is 25.7 Å². The third kappa shape index (κ3) is 66.7. The lowest BCUT2D eigenvalue weighted by Crippen LogP contribution is -2.30. The maximum absolute atomic E-state index is 13.0. The molecule has 0 aromatic heterocycles. The lowest BCUT2D eigenvalue weighted by Gasteiger charge is -2.21. The SMILES string of the molecule is CC(C)CCCCCCCCCCCCCCC(=O)O[C@H](COC(=O)CCCCCCCCCC(C)C)COP(=O)(O)OCC(O)COP(=O)(O)OC[C@@H](COC(=O)CCCCCCCCCCCCC(C)C)OC(=O)CCCCCCCCCCCCCC(C)C. The van der Waals surface area contributed by atoms with Gasteiger partial charge in [-0.25, -0.2) is 9.13 Å². The Morgan fingerprint density at radius 3 is 0.674 bits per heavy atom. The molecular weight excluding hydrogens is 1210 g/mol. The number of phosphoric ester groups is 2. The van der Waals surface area contributed by atoms with Crippen LogP contribution in [0.4, 0.5) is 0 Å². The van der Waals surface area contributed by atoms with Crippen LogP contribution in [0.25, 0.3) is 0 Å². The molecule has 3 unspecified atom stereocenters. The van der Waals surface area contributed by atoms with Gasteiger partial charge < -0.3 is 33.8 Å². The first kappa shape index (κ1) is 90.1. The molecule has 0 rings (SSSR count). The van der Waals surface area contributed by atoms with Crippen molar-refractivity contribution in [2.45, 2.75) is 382 Å². The van der Waals surface area contributed by atoms with Gasteiger partial charge in [0.05, 0.1) is 26.4 Å². The van der Waals surface area contributed by atoms with Gasteiger partial charge in [-0.2, -0.15) is 0 Å². The van der Waals surface area contributed by atoms with Crippen molar-refractivity contribution in [1.29, 1.82) is 0 Å². The van der Waals surface area contributed by atoms with E-state index in [0.29, 0.717) is 31.6 Å². The standard InChI is InChI=1S/C73H142O17P2/c1-63(2)49-41-33-25-18-12-9-10-14-22-30-39-47-55-72(77)90-69(60-84-71(76)54-46-38-32-24-28-36-44-52-66(7)8)62-88-92(81,82)86-58-67(74)57-85-91(79,80)87-61-68(59-83-70(75)53-45-37-29-21-17-16-20-27-35-43-51-65(5)6)89-73(78)56-48-40-31-23-15-11-13-19-26-34-42-50-64(3)4/h63-69,74H,9-62H2,1-8H3,(H,79,80)(H,81,82)/t67?,68-,69-/m1/s1. The summed E-state index contributed by atoms with van der Waals surface area (Å²) >= 11 is 0. The zero-order chi connectivity index (χ0) is 68.2. The number of aliphatic hydroxyl groups excluding tert-OH is 1. The summed E-state index contributed by atoms with van der Waals surface area (Å²) in [5, 5.41) is 10.6. The second-order valence-electron chi connectivity index (χ2n) is 28.2. The minimum atomic E-state index is -4.95. The lowest BCUT2D eigenvalue weighted by molar-refractivity contribution is -0.161. The van der Waals surface area contributed by atoms with E-state index in [1.165, 1.54) is 161 Å². The average molecular weight is 1350 g/mol. The normalized spacial score (nSPS) is 14.2. The van der Waals surface area contributed by atoms with Crippen molar-refractivity contribution in [1.82, 2.24) is 0 Å². The highest BCUT2D eigenvalue weighted by molar-refractivity contribution is 7.47. The Balaban J connectivity index is 5.26. The van der Waals surface area contributed by atoms with Crippen molar-refractivity contribution in [3.8, 4) is 0 Å². The van der Waals surface area contributed by atoms with Crippen LogP contribution in [0.5, 0.6) is 0 Å². The van der Waals surface area contributed by atoms with Crippen molar-refractivity contribution in [3.05, 3.63) is 0 Å². The second-order valence-corrected chi connectivity index (χ2v) is 31.1. The highest BCUT2D eigenvalue weighted by Gasteiger charge is 2.30. The third-order valence-electron chi connectivity index (χ3n) is 16.8. The Kier molecular flexibility index (Phi) is 61.3. The van der Waals surface area contributed by atoms with E-state index in [-0.39, 0.29) is 25.7 Å². The van der Waals surface area contributed by atoms with Crippen molar-refractivity contribution in [2.24, 2.45) is 23.7 Å². The Morgan fingerprint density at radius 1 is 0.272 bits per heavy atom. The third-order valence-corrected chi connectivity index (χ3v) is 18.7. The Morgan fingerprint density at radius 2 is 0.457 bits per heavy atom. The zero-order valence-electron chi connectivity index (χ0n) is 60.2. The van der Waals surface area contributed by atoms with Crippen molar-refractivity contribution in [3.63, 3.8) is 0 Å². The van der Waals surface area contributed by atoms with Gasteiger partial charge in [-0.1, -0.05) is 312 Å². The fraction of sp³-hybridized carbons (Fsp3) is 0.945. The van der Waals surface area contributed by atoms with Crippen molar-refractivity contribution < 1.29 is 80.2 Å². The van der Waals surface area contributed by atoms with Crippen LogP contribution in [0.3, 0.4) is 0 Å². The molecular formula is C73H142O17P2. The summed E-state index contributed by atoms with van der Waals surface area (Å²) in [5.41, 5.74) is 0. The molecule has 0 aromatic rings. The Labute approximate surface area is 562 Å². The molecule has 0 spiro atoms. The quantitative estimate of drug-likeness (QED) is 0.0222. The van der Waals surface area contributed by atoms with Gasteiger partial charge in [-0.15, -0.1) is 0 Å². The monoisotopic (exact) mass is 1350 g/mol. The first-order chi connectivity index (χ1) is 44.1. The number of ether oxygens (including phenoxy) is 4. The van der Waals surface area contributed by atoms with Crippen LogP contribution in [-0.4, -0.2) is 96.7 Å². The van der Waals surface area contributed by atoms with Gasteiger partial charge in [-0.3, -0.25) is 37.3 Å². The van der Waals surface area contributed by atoms with Crippen LogP contribution in [0, 0.1) is 23.7 Å². The van der Waals surface area contributed by atoms with E-state index >= 15 is 0 Å². The number of hydrogen-bond acceptors (Lipinski definition) is 15. The number of esters is 4. The van der Waals surface area contributed by atoms with Crippen LogP contribution in [-0.2, 0) is 65.4 Å². The number of rotatable bonds is 70. The molecule has 0 heterocycles. The number of carbonyl (C=O) groups is 4. The van der Waals surface area contributed by atoms with Crippen molar-refractivity contribution >= 4 is 39.5 Å². The van der Waals surface area contributed by atoms with E-state index in [2.05, 4.69) is 55.4 Å². The predicted octanol–water partition coefficient (Wildman–Crippen LogP) is 20.9. The Bertz CT molecular complexity index is 1820. The summed E-state index contributed by atoms with van der Waals surface area (Å²) < 4.78 is 68.4. The molecule has 0 bridgehead atoms. The summed E-state index contributed by atoms with van der Waals surface area (Å²) in [6, 6.07) is 0. The summed E-state index contributed by atoms with van der Waals surface area (Å²) in [7, 11) is -9.91. The fourth-order valence-electron chi connectivity index (χ4n) is 11.0. The second kappa shape index (κ2) is 62.6. The van der Waals surface area contributed by atoms with E-state index in [9.17, 15) is 43.2 Å². The molecule has 5 atom stereocenters. The molecule has 0 amide bonds. The lowest BCUT2D eigenvalue weighted by atomic mass is 10.0. The van der Waals surface area contributed by atoms with E-state index in [0.717, 1.165) is 114 Å². The molecule has 0 aliphatic carbocycles. The zero-order valence-corrected chi connectivity index (χ0v) is 62.0. The van der Waals surface area contributed by atoms with Crippen LogP contribution in [0.1, 0.15) is 364 Å². The maximum Gasteiger partial charge on any atom is 0.472 e. The van der Waals surface area contributed by atoms with Gasteiger partial charge in [-0.05, 0) is 49.4 Å². The molecule has 0 aliphatic heterocycles. The molecule has 0 fully saturated rings. The van der Waals surface area contributed by atoms with Crippen LogP contribution >= 0.6 is 15.6 Å².